The molecule has 4 atom stereocenters. The van der Waals surface area contributed by atoms with E-state index in [0.717, 1.165) is 42.1 Å². The van der Waals surface area contributed by atoms with E-state index in [1.54, 1.807) is 21.3 Å². The lowest BCUT2D eigenvalue weighted by molar-refractivity contribution is -0.0731. The van der Waals surface area contributed by atoms with Crippen LogP contribution in [0.1, 0.15) is 71.3 Å². The SMILES string of the molecule is COc1cc(OC)c(C(CC(C)C)CC2(O)CC3CCC3C2(C)C)c(OC)c1. The van der Waals surface area contributed by atoms with Crippen molar-refractivity contribution in [1.29, 1.82) is 0 Å². The average molecular weight is 391 g/mol. The van der Waals surface area contributed by atoms with Crippen molar-refractivity contribution in [3.05, 3.63) is 17.7 Å². The summed E-state index contributed by atoms with van der Waals surface area (Å²) in [7, 11) is 5.04. The Morgan fingerprint density at radius 2 is 1.64 bits per heavy atom. The van der Waals surface area contributed by atoms with Gasteiger partial charge in [0.2, 0.25) is 0 Å². The molecule has 2 saturated carbocycles. The maximum atomic E-state index is 11.9. The van der Waals surface area contributed by atoms with Crippen molar-refractivity contribution < 1.29 is 19.3 Å². The molecule has 158 valence electrons. The summed E-state index contributed by atoms with van der Waals surface area (Å²) in [6.45, 7) is 9.02. The molecule has 4 heteroatoms. The van der Waals surface area contributed by atoms with Crippen molar-refractivity contribution in [3.63, 3.8) is 0 Å². The highest BCUT2D eigenvalue weighted by Crippen LogP contribution is 2.64. The predicted octanol–water partition coefficient (Wildman–Crippen LogP) is 5.42. The zero-order valence-corrected chi connectivity index (χ0v) is 18.7. The van der Waals surface area contributed by atoms with Crippen LogP contribution in [0.5, 0.6) is 17.2 Å². The molecule has 1 N–H and O–H groups in total. The molecule has 0 radical (unpaired) electrons. The van der Waals surface area contributed by atoms with E-state index >= 15 is 0 Å². The van der Waals surface area contributed by atoms with E-state index in [-0.39, 0.29) is 11.3 Å². The van der Waals surface area contributed by atoms with Gasteiger partial charge in [0, 0.05) is 17.7 Å². The first-order valence-electron chi connectivity index (χ1n) is 10.7. The second kappa shape index (κ2) is 7.78. The lowest BCUT2D eigenvalue weighted by Gasteiger charge is -2.44. The lowest BCUT2D eigenvalue weighted by Crippen LogP contribution is -2.44. The first-order chi connectivity index (χ1) is 13.2. The van der Waals surface area contributed by atoms with E-state index in [2.05, 4.69) is 27.7 Å². The van der Waals surface area contributed by atoms with E-state index in [9.17, 15) is 5.11 Å². The highest BCUT2D eigenvalue weighted by atomic mass is 16.5. The van der Waals surface area contributed by atoms with Gasteiger partial charge in [-0.15, -0.1) is 0 Å². The Balaban J connectivity index is 2.02. The molecule has 0 aromatic heterocycles. The van der Waals surface area contributed by atoms with Crippen LogP contribution in [0.2, 0.25) is 0 Å². The van der Waals surface area contributed by atoms with E-state index in [1.807, 2.05) is 12.1 Å². The molecule has 3 rings (SSSR count). The number of hydrogen-bond donors (Lipinski definition) is 1. The molecule has 0 bridgehead atoms. The zero-order valence-electron chi connectivity index (χ0n) is 18.7. The van der Waals surface area contributed by atoms with Gasteiger partial charge in [-0.2, -0.15) is 0 Å². The van der Waals surface area contributed by atoms with Crippen LogP contribution in [0.4, 0.5) is 0 Å². The largest absolute Gasteiger partial charge is 0.496 e. The van der Waals surface area contributed by atoms with Gasteiger partial charge in [0.25, 0.3) is 0 Å². The molecule has 2 aliphatic carbocycles. The quantitative estimate of drug-likeness (QED) is 0.644. The van der Waals surface area contributed by atoms with Gasteiger partial charge in [-0.25, -0.2) is 0 Å². The maximum absolute atomic E-state index is 11.9. The number of rotatable bonds is 8. The number of ether oxygens (including phenoxy) is 3. The average Bonchev–Trinajstić information content (AvgIpc) is 2.74. The van der Waals surface area contributed by atoms with Crippen molar-refractivity contribution in [1.82, 2.24) is 0 Å². The molecule has 0 aliphatic heterocycles. The number of methoxy groups -OCH3 is 3. The highest BCUT2D eigenvalue weighted by molar-refractivity contribution is 5.52. The molecule has 0 saturated heterocycles. The van der Waals surface area contributed by atoms with Crippen molar-refractivity contribution in [3.8, 4) is 17.2 Å². The van der Waals surface area contributed by atoms with Crippen LogP contribution in [-0.4, -0.2) is 32.0 Å². The highest BCUT2D eigenvalue weighted by Gasteiger charge is 2.61. The van der Waals surface area contributed by atoms with Gasteiger partial charge in [-0.3, -0.25) is 0 Å². The summed E-state index contributed by atoms with van der Waals surface area (Å²) >= 11 is 0. The molecule has 4 nitrogen and oxygen atoms in total. The lowest BCUT2D eigenvalue weighted by atomic mass is 9.63. The zero-order chi connectivity index (χ0) is 20.7. The Bertz CT molecular complexity index is 671. The third kappa shape index (κ3) is 3.49. The standard InChI is InChI=1S/C24H38O4/c1-15(2)10-17(14-24(25)13-16-8-9-19(16)23(24,3)4)22-20(27-6)11-18(26-5)12-21(22)28-7/h11-12,15-17,19,25H,8-10,13-14H2,1-7H3. The van der Waals surface area contributed by atoms with Crippen LogP contribution in [0.25, 0.3) is 0 Å². The van der Waals surface area contributed by atoms with Gasteiger partial charge in [0.1, 0.15) is 17.2 Å². The first kappa shape index (κ1) is 21.3. The normalized spacial score (nSPS) is 29.2. The van der Waals surface area contributed by atoms with Crippen molar-refractivity contribution >= 4 is 0 Å². The molecule has 1 aromatic carbocycles. The molecule has 2 fully saturated rings. The predicted molar refractivity (Wildman–Crippen MR) is 112 cm³/mol. The fraction of sp³-hybridized carbons (Fsp3) is 0.750. The summed E-state index contributed by atoms with van der Waals surface area (Å²) in [6.07, 6.45) is 5.15. The number of hydrogen-bond acceptors (Lipinski definition) is 4. The van der Waals surface area contributed by atoms with Crippen LogP contribution in [0.15, 0.2) is 12.1 Å². The molecular weight excluding hydrogens is 352 g/mol. The number of benzene rings is 1. The van der Waals surface area contributed by atoms with Crippen LogP contribution in [0.3, 0.4) is 0 Å². The summed E-state index contributed by atoms with van der Waals surface area (Å²) in [5.41, 5.74) is 0.342. The molecule has 28 heavy (non-hydrogen) atoms. The van der Waals surface area contributed by atoms with Gasteiger partial charge >= 0.3 is 0 Å². The molecule has 1 aromatic rings. The summed E-state index contributed by atoms with van der Waals surface area (Å²) in [6, 6.07) is 3.86. The van der Waals surface area contributed by atoms with Crippen LogP contribution >= 0.6 is 0 Å². The third-order valence-electron chi connectivity index (χ3n) is 7.65. The minimum Gasteiger partial charge on any atom is -0.496 e. The molecule has 0 amide bonds. The van der Waals surface area contributed by atoms with Gasteiger partial charge < -0.3 is 19.3 Å². The first-order valence-corrected chi connectivity index (χ1v) is 10.7. The molecule has 4 unspecified atom stereocenters. The maximum Gasteiger partial charge on any atom is 0.129 e. The van der Waals surface area contributed by atoms with Gasteiger partial charge in [-0.05, 0) is 61.2 Å². The molecule has 2 aliphatic rings. The monoisotopic (exact) mass is 390 g/mol. The fourth-order valence-electron chi connectivity index (χ4n) is 5.87. The molecule has 0 spiro atoms. The Morgan fingerprint density at radius 1 is 1.04 bits per heavy atom. The number of aliphatic hydroxyl groups is 1. The van der Waals surface area contributed by atoms with E-state index in [0.29, 0.717) is 17.8 Å². The smallest absolute Gasteiger partial charge is 0.129 e. The van der Waals surface area contributed by atoms with Crippen molar-refractivity contribution in [2.45, 2.75) is 71.3 Å². The van der Waals surface area contributed by atoms with Crippen LogP contribution < -0.4 is 14.2 Å². The van der Waals surface area contributed by atoms with Crippen molar-refractivity contribution in [2.75, 3.05) is 21.3 Å². The Kier molecular flexibility index (Phi) is 5.91. The molecule has 0 heterocycles. The number of fused-ring (bicyclic) bond motifs is 1. The third-order valence-corrected chi connectivity index (χ3v) is 7.65. The Morgan fingerprint density at radius 3 is 2.00 bits per heavy atom. The van der Waals surface area contributed by atoms with E-state index < -0.39 is 5.60 Å². The van der Waals surface area contributed by atoms with Crippen molar-refractivity contribution in [2.24, 2.45) is 23.2 Å². The second-order valence-corrected chi connectivity index (χ2v) is 9.88. The molecular formula is C24H38O4. The van der Waals surface area contributed by atoms with Crippen LogP contribution in [0, 0.1) is 23.2 Å². The minimum atomic E-state index is -0.658. The summed E-state index contributed by atoms with van der Waals surface area (Å²) < 4.78 is 16.9. The van der Waals surface area contributed by atoms with E-state index in [1.165, 1.54) is 12.8 Å². The summed E-state index contributed by atoms with van der Waals surface area (Å²) in [5.74, 6) is 4.28. The fourth-order valence-corrected chi connectivity index (χ4v) is 5.87. The van der Waals surface area contributed by atoms with Crippen LogP contribution in [-0.2, 0) is 0 Å². The topological polar surface area (TPSA) is 47.9 Å². The Labute approximate surface area is 170 Å². The van der Waals surface area contributed by atoms with Gasteiger partial charge in [-0.1, -0.05) is 27.7 Å². The van der Waals surface area contributed by atoms with E-state index in [4.69, 9.17) is 14.2 Å². The summed E-state index contributed by atoms with van der Waals surface area (Å²) in [5, 5.41) is 11.9. The summed E-state index contributed by atoms with van der Waals surface area (Å²) in [4.78, 5) is 0. The second-order valence-electron chi connectivity index (χ2n) is 9.88. The van der Waals surface area contributed by atoms with Gasteiger partial charge in [0.15, 0.2) is 0 Å². The Hall–Kier alpha value is -1.42. The minimum absolute atomic E-state index is 0.0575. The van der Waals surface area contributed by atoms with Gasteiger partial charge in [0.05, 0.1) is 26.9 Å².